The Morgan fingerprint density at radius 3 is 0.790 bits per heavy atom. The molecule has 0 aromatic heterocycles. The van der Waals surface area contributed by atoms with Crippen molar-refractivity contribution in [3.8, 4) is 0 Å². The van der Waals surface area contributed by atoms with Crippen molar-refractivity contribution in [3.63, 3.8) is 0 Å². The van der Waals surface area contributed by atoms with Gasteiger partial charge in [0.15, 0.2) is 6.10 Å². The first-order chi connectivity index (χ1) is 40.0. The smallest absolute Gasteiger partial charge is 0.306 e. The van der Waals surface area contributed by atoms with Gasteiger partial charge < -0.3 is 14.2 Å². The highest BCUT2D eigenvalue weighted by Gasteiger charge is 2.19. The first-order valence-corrected chi connectivity index (χ1v) is 33.3. The van der Waals surface area contributed by atoms with Gasteiger partial charge in [0, 0.05) is 19.3 Å². The Morgan fingerprint density at radius 2 is 0.481 bits per heavy atom. The summed E-state index contributed by atoms with van der Waals surface area (Å²) in [4.78, 5) is 38.3. The van der Waals surface area contributed by atoms with Crippen LogP contribution in [0.15, 0.2) is 146 Å². The molecule has 0 fully saturated rings. The van der Waals surface area contributed by atoms with E-state index in [9.17, 15) is 14.4 Å². The van der Waals surface area contributed by atoms with E-state index in [2.05, 4.69) is 167 Å². The van der Waals surface area contributed by atoms with E-state index in [0.717, 1.165) is 161 Å². The number of rotatable bonds is 59. The SMILES string of the molecule is CC/C=C\C/C=C\C/C=C\C/C=C\C/C=C\C/C=C\C/C=C\C/C=C\C/C=C\CCCCCC(=O)OCC(COC(=O)CCCCCCC/C=C\CCCCCCCCC)OC(=O)CCCCCCC/C=C\C/C=C\CCCCCC. The second kappa shape index (κ2) is 67.8. The Bertz CT molecular complexity index is 1760. The summed E-state index contributed by atoms with van der Waals surface area (Å²) in [7, 11) is 0. The van der Waals surface area contributed by atoms with Crippen LogP contribution < -0.4 is 0 Å². The number of carbonyl (C=O) groups is 3. The van der Waals surface area contributed by atoms with Crippen LogP contribution in [-0.2, 0) is 28.6 Å². The molecular formula is C75H122O6. The van der Waals surface area contributed by atoms with Crippen LogP contribution in [0.2, 0.25) is 0 Å². The fraction of sp³-hybridized carbons (Fsp3) is 0.640. The van der Waals surface area contributed by atoms with E-state index < -0.39 is 6.10 Å². The zero-order valence-electron chi connectivity index (χ0n) is 52.5. The molecule has 0 aliphatic rings. The first kappa shape index (κ1) is 76.3. The third-order valence-corrected chi connectivity index (χ3v) is 13.8. The lowest BCUT2D eigenvalue weighted by Crippen LogP contribution is -2.30. The molecule has 0 amide bonds. The van der Waals surface area contributed by atoms with Gasteiger partial charge in [-0.2, -0.15) is 0 Å². The van der Waals surface area contributed by atoms with Crippen LogP contribution >= 0.6 is 0 Å². The minimum Gasteiger partial charge on any atom is -0.462 e. The molecule has 1 unspecified atom stereocenters. The van der Waals surface area contributed by atoms with Gasteiger partial charge >= 0.3 is 17.9 Å². The fourth-order valence-corrected chi connectivity index (χ4v) is 8.81. The van der Waals surface area contributed by atoms with E-state index in [1.807, 2.05) is 0 Å². The minimum absolute atomic E-state index is 0.103. The van der Waals surface area contributed by atoms with Crippen molar-refractivity contribution in [2.75, 3.05) is 13.2 Å². The number of hydrogen-bond acceptors (Lipinski definition) is 6. The second-order valence-electron chi connectivity index (χ2n) is 21.6. The van der Waals surface area contributed by atoms with Crippen LogP contribution in [-0.4, -0.2) is 37.2 Å². The van der Waals surface area contributed by atoms with E-state index in [-0.39, 0.29) is 31.1 Å². The van der Waals surface area contributed by atoms with Crippen molar-refractivity contribution in [3.05, 3.63) is 146 Å². The Kier molecular flexibility index (Phi) is 63.9. The topological polar surface area (TPSA) is 78.9 Å². The standard InChI is InChI=1S/C75H122O6/c1-4-7-10-13-16-19-22-25-28-31-32-33-34-35-36-37-38-39-40-41-42-43-44-45-48-50-53-56-59-62-65-68-74(77)80-71-72(81-75(78)69-66-63-60-57-54-51-47-30-27-24-21-18-15-12-9-6-3)70-79-73(76)67-64-61-58-55-52-49-46-29-26-23-20-17-14-11-8-5-2/h7,10,16,19,21,24-25,28-30,32-33,35-36,38-39,41-42,44-47,50,53,72H,4-6,8-9,11-15,17-18,20,22-23,26-27,31,34,37,40,43,48-49,51-52,54-71H2,1-3H3/b10-7-,19-16-,24-21-,28-25-,33-32-,36-35-,39-38-,42-41-,45-44-,46-29-,47-30-,53-50-. The predicted molar refractivity (Wildman–Crippen MR) is 352 cm³/mol. The third kappa shape index (κ3) is 66.0. The largest absolute Gasteiger partial charge is 0.462 e. The molecule has 81 heavy (non-hydrogen) atoms. The van der Waals surface area contributed by atoms with Gasteiger partial charge in [0.1, 0.15) is 13.2 Å². The summed E-state index contributed by atoms with van der Waals surface area (Å²) >= 11 is 0. The zero-order chi connectivity index (χ0) is 58.5. The van der Waals surface area contributed by atoms with Crippen molar-refractivity contribution < 1.29 is 28.6 Å². The molecule has 0 aliphatic heterocycles. The number of esters is 3. The molecule has 0 heterocycles. The first-order valence-electron chi connectivity index (χ1n) is 33.3. The van der Waals surface area contributed by atoms with Crippen LogP contribution in [0.25, 0.3) is 0 Å². The Hall–Kier alpha value is -4.71. The molecule has 0 rings (SSSR count). The summed E-state index contributed by atoms with van der Waals surface area (Å²) in [5, 5.41) is 0. The van der Waals surface area contributed by atoms with Gasteiger partial charge in [-0.3, -0.25) is 14.4 Å². The highest BCUT2D eigenvalue weighted by Crippen LogP contribution is 2.14. The average Bonchev–Trinajstić information content (AvgIpc) is 3.47. The normalized spacial score (nSPS) is 13.1. The van der Waals surface area contributed by atoms with Gasteiger partial charge in [-0.05, 0) is 148 Å². The van der Waals surface area contributed by atoms with Crippen LogP contribution in [0.4, 0.5) is 0 Å². The molecule has 0 saturated heterocycles. The summed E-state index contributed by atoms with van der Waals surface area (Å²) in [6.07, 6.45) is 97.1. The molecule has 0 bridgehead atoms. The molecule has 458 valence electrons. The Labute approximate surface area is 499 Å². The van der Waals surface area contributed by atoms with Gasteiger partial charge in [-0.15, -0.1) is 0 Å². The predicted octanol–water partition coefficient (Wildman–Crippen LogP) is 23.1. The van der Waals surface area contributed by atoms with Crippen LogP contribution in [0.1, 0.15) is 290 Å². The summed E-state index contributed by atoms with van der Waals surface area (Å²) in [5.74, 6) is -0.957. The molecule has 6 heteroatoms. The Balaban J connectivity index is 4.43. The van der Waals surface area contributed by atoms with Gasteiger partial charge in [-0.1, -0.05) is 269 Å². The molecule has 0 saturated carbocycles. The number of carbonyl (C=O) groups excluding carboxylic acids is 3. The summed E-state index contributed by atoms with van der Waals surface area (Å²) in [6, 6.07) is 0. The fourth-order valence-electron chi connectivity index (χ4n) is 8.81. The summed E-state index contributed by atoms with van der Waals surface area (Å²) in [6.45, 7) is 6.47. The Morgan fingerprint density at radius 1 is 0.259 bits per heavy atom. The summed E-state index contributed by atoms with van der Waals surface area (Å²) in [5.41, 5.74) is 0. The van der Waals surface area contributed by atoms with Crippen molar-refractivity contribution in [1.82, 2.24) is 0 Å². The lowest BCUT2D eigenvalue weighted by Gasteiger charge is -2.18. The maximum Gasteiger partial charge on any atom is 0.306 e. The van der Waals surface area contributed by atoms with Crippen molar-refractivity contribution in [2.24, 2.45) is 0 Å². The van der Waals surface area contributed by atoms with Crippen molar-refractivity contribution in [2.45, 2.75) is 297 Å². The molecule has 6 nitrogen and oxygen atoms in total. The van der Waals surface area contributed by atoms with Crippen molar-refractivity contribution >= 4 is 17.9 Å². The van der Waals surface area contributed by atoms with E-state index in [1.54, 1.807) is 0 Å². The van der Waals surface area contributed by atoms with Crippen molar-refractivity contribution in [1.29, 1.82) is 0 Å². The molecule has 1 atom stereocenters. The van der Waals surface area contributed by atoms with E-state index in [4.69, 9.17) is 14.2 Å². The number of hydrogen-bond donors (Lipinski definition) is 0. The van der Waals surface area contributed by atoms with E-state index in [1.165, 1.54) is 89.9 Å². The molecule has 0 spiro atoms. The highest BCUT2D eigenvalue weighted by atomic mass is 16.6. The zero-order valence-corrected chi connectivity index (χ0v) is 52.5. The third-order valence-electron chi connectivity index (χ3n) is 13.8. The van der Waals surface area contributed by atoms with Gasteiger partial charge in [-0.25, -0.2) is 0 Å². The molecule has 0 radical (unpaired) electrons. The van der Waals surface area contributed by atoms with Crippen LogP contribution in [0.5, 0.6) is 0 Å². The molecule has 0 N–H and O–H groups in total. The minimum atomic E-state index is -0.810. The van der Waals surface area contributed by atoms with Crippen LogP contribution in [0.3, 0.4) is 0 Å². The maximum atomic E-state index is 12.9. The number of allylic oxidation sites excluding steroid dienone is 24. The van der Waals surface area contributed by atoms with Crippen LogP contribution in [0, 0.1) is 0 Å². The molecule has 0 aromatic rings. The van der Waals surface area contributed by atoms with E-state index >= 15 is 0 Å². The number of unbranched alkanes of at least 4 members (excludes halogenated alkanes) is 24. The van der Waals surface area contributed by atoms with Gasteiger partial charge in [0.25, 0.3) is 0 Å². The maximum absolute atomic E-state index is 12.9. The summed E-state index contributed by atoms with van der Waals surface area (Å²) < 4.78 is 16.9. The lowest BCUT2D eigenvalue weighted by molar-refractivity contribution is -0.167. The quantitative estimate of drug-likeness (QED) is 0.0261. The molecule has 0 aromatic carbocycles. The molecular weight excluding hydrogens is 997 g/mol. The lowest BCUT2D eigenvalue weighted by atomic mass is 10.1. The second-order valence-corrected chi connectivity index (χ2v) is 21.6. The average molecular weight is 1120 g/mol. The van der Waals surface area contributed by atoms with Gasteiger partial charge in [0.05, 0.1) is 0 Å². The monoisotopic (exact) mass is 1120 g/mol. The highest BCUT2D eigenvalue weighted by molar-refractivity contribution is 5.71. The number of ether oxygens (including phenoxy) is 3. The van der Waals surface area contributed by atoms with E-state index in [0.29, 0.717) is 19.3 Å². The molecule has 0 aliphatic carbocycles. The van der Waals surface area contributed by atoms with Gasteiger partial charge in [0.2, 0.25) is 0 Å².